The van der Waals surface area contributed by atoms with E-state index in [1.807, 2.05) is 0 Å². The molecule has 2 rings (SSSR count). The van der Waals surface area contributed by atoms with Crippen molar-refractivity contribution >= 4 is 16.0 Å². The lowest BCUT2D eigenvalue weighted by atomic mass is 9.98. The summed E-state index contributed by atoms with van der Waals surface area (Å²) in [7, 11) is -3.19. The van der Waals surface area contributed by atoms with E-state index in [4.69, 9.17) is 10.00 Å². The van der Waals surface area contributed by atoms with Crippen molar-refractivity contribution in [2.45, 2.75) is 26.4 Å². The van der Waals surface area contributed by atoms with Crippen LogP contribution in [-0.2, 0) is 26.2 Å². The van der Waals surface area contributed by atoms with Crippen LogP contribution in [0.1, 0.15) is 30.9 Å². The monoisotopic (exact) mass is 336 g/mol. The van der Waals surface area contributed by atoms with Gasteiger partial charge in [0.2, 0.25) is 10.0 Å². The zero-order valence-electron chi connectivity index (χ0n) is 13.1. The van der Waals surface area contributed by atoms with Gasteiger partial charge < -0.3 is 4.74 Å². The summed E-state index contributed by atoms with van der Waals surface area (Å²) in [6.45, 7) is 2.38. The van der Waals surface area contributed by atoms with Crippen molar-refractivity contribution in [3.05, 3.63) is 35.4 Å². The standard InChI is InChI=1S/C16H20N2O4S/c1-2-23(20,21)18-9-7-13(8-10-18)16(19)22-12-15-6-4-3-5-14(15)11-17/h3-6,13H,2,7-10,12H2,1H3. The number of ether oxygens (including phenoxy) is 1. The number of nitriles is 1. The van der Waals surface area contributed by atoms with Crippen LogP contribution in [0.25, 0.3) is 0 Å². The van der Waals surface area contributed by atoms with Crippen LogP contribution in [0.2, 0.25) is 0 Å². The number of sulfonamides is 1. The zero-order valence-corrected chi connectivity index (χ0v) is 13.9. The Morgan fingerprint density at radius 1 is 1.35 bits per heavy atom. The van der Waals surface area contributed by atoms with Gasteiger partial charge in [-0.1, -0.05) is 18.2 Å². The number of carbonyl (C=O) groups is 1. The molecule has 0 unspecified atom stereocenters. The molecular formula is C16H20N2O4S. The lowest BCUT2D eigenvalue weighted by Crippen LogP contribution is -2.41. The summed E-state index contributed by atoms with van der Waals surface area (Å²) in [6, 6.07) is 9.04. The number of hydrogen-bond acceptors (Lipinski definition) is 5. The van der Waals surface area contributed by atoms with E-state index in [0.717, 1.165) is 0 Å². The Morgan fingerprint density at radius 2 is 2.00 bits per heavy atom. The Bertz CT molecular complexity index is 701. The highest BCUT2D eigenvalue weighted by Crippen LogP contribution is 2.22. The molecule has 1 aliphatic heterocycles. The van der Waals surface area contributed by atoms with Gasteiger partial charge in [-0.3, -0.25) is 4.79 Å². The van der Waals surface area contributed by atoms with E-state index in [0.29, 0.717) is 37.1 Å². The molecule has 0 amide bonds. The smallest absolute Gasteiger partial charge is 0.309 e. The van der Waals surface area contributed by atoms with Crippen molar-refractivity contribution in [2.24, 2.45) is 5.92 Å². The van der Waals surface area contributed by atoms with Crippen molar-refractivity contribution in [1.29, 1.82) is 5.26 Å². The number of hydrogen-bond donors (Lipinski definition) is 0. The molecule has 0 N–H and O–H groups in total. The molecule has 1 fully saturated rings. The second-order valence-corrected chi connectivity index (χ2v) is 7.71. The first-order chi connectivity index (χ1) is 11.0. The van der Waals surface area contributed by atoms with E-state index in [9.17, 15) is 13.2 Å². The maximum atomic E-state index is 12.1. The minimum Gasteiger partial charge on any atom is -0.461 e. The third kappa shape index (κ3) is 4.30. The highest BCUT2D eigenvalue weighted by atomic mass is 32.2. The number of piperidine rings is 1. The predicted molar refractivity (Wildman–Crippen MR) is 84.7 cm³/mol. The molecule has 0 aliphatic carbocycles. The van der Waals surface area contributed by atoms with Gasteiger partial charge in [0.05, 0.1) is 23.3 Å². The zero-order chi connectivity index (χ0) is 16.9. The molecule has 7 heteroatoms. The van der Waals surface area contributed by atoms with Gasteiger partial charge in [-0.15, -0.1) is 0 Å². The Hall–Kier alpha value is -1.91. The van der Waals surface area contributed by atoms with Crippen molar-refractivity contribution < 1.29 is 17.9 Å². The molecule has 1 heterocycles. The summed E-state index contributed by atoms with van der Waals surface area (Å²) in [4.78, 5) is 12.1. The molecule has 0 spiro atoms. The van der Waals surface area contributed by atoms with E-state index in [-0.39, 0.29) is 24.2 Å². The van der Waals surface area contributed by atoms with Crippen LogP contribution < -0.4 is 0 Å². The summed E-state index contributed by atoms with van der Waals surface area (Å²) in [5.74, 6) is -0.536. The van der Waals surface area contributed by atoms with E-state index in [1.54, 1.807) is 31.2 Å². The molecule has 1 aromatic rings. The number of esters is 1. The van der Waals surface area contributed by atoms with Crippen molar-refractivity contribution in [3.8, 4) is 6.07 Å². The van der Waals surface area contributed by atoms with Crippen molar-refractivity contribution in [3.63, 3.8) is 0 Å². The maximum Gasteiger partial charge on any atom is 0.309 e. The second-order valence-electron chi connectivity index (χ2n) is 5.45. The first kappa shape index (κ1) is 17.4. The van der Waals surface area contributed by atoms with Crippen LogP contribution in [0.3, 0.4) is 0 Å². The topological polar surface area (TPSA) is 87.5 Å². The molecule has 23 heavy (non-hydrogen) atoms. The van der Waals surface area contributed by atoms with Crippen LogP contribution >= 0.6 is 0 Å². The number of nitrogens with zero attached hydrogens (tertiary/aromatic N) is 2. The third-order valence-electron chi connectivity index (χ3n) is 4.05. The van der Waals surface area contributed by atoms with Gasteiger partial charge in [-0.25, -0.2) is 12.7 Å². The Morgan fingerprint density at radius 3 is 2.61 bits per heavy atom. The molecule has 1 aromatic carbocycles. The fourth-order valence-corrected chi connectivity index (χ4v) is 3.71. The van der Waals surface area contributed by atoms with Gasteiger partial charge in [-0.2, -0.15) is 5.26 Å². The molecule has 0 radical (unpaired) electrons. The molecule has 6 nitrogen and oxygen atoms in total. The number of carbonyl (C=O) groups excluding carboxylic acids is 1. The number of benzene rings is 1. The molecule has 1 saturated heterocycles. The van der Waals surface area contributed by atoms with Gasteiger partial charge in [-0.05, 0) is 25.8 Å². The SMILES string of the molecule is CCS(=O)(=O)N1CCC(C(=O)OCc2ccccc2C#N)CC1. The summed E-state index contributed by atoms with van der Waals surface area (Å²) in [6.07, 6.45) is 0.940. The summed E-state index contributed by atoms with van der Waals surface area (Å²) >= 11 is 0. The first-order valence-electron chi connectivity index (χ1n) is 7.60. The van der Waals surface area contributed by atoms with Gasteiger partial charge >= 0.3 is 5.97 Å². The second kappa shape index (κ2) is 7.57. The van der Waals surface area contributed by atoms with Crippen LogP contribution in [0, 0.1) is 17.2 Å². The maximum absolute atomic E-state index is 12.1. The van der Waals surface area contributed by atoms with Gasteiger partial charge in [0, 0.05) is 18.7 Å². The van der Waals surface area contributed by atoms with Crippen LogP contribution in [0.4, 0.5) is 0 Å². The minimum atomic E-state index is -3.19. The lowest BCUT2D eigenvalue weighted by Gasteiger charge is -2.29. The largest absolute Gasteiger partial charge is 0.461 e. The molecule has 1 aliphatic rings. The molecule has 0 atom stereocenters. The fourth-order valence-electron chi connectivity index (χ4n) is 2.57. The molecular weight excluding hydrogens is 316 g/mol. The minimum absolute atomic E-state index is 0.0655. The van der Waals surface area contributed by atoms with E-state index < -0.39 is 10.0 Å². The fraction of sp³-hybridized carbons (Fsp3) is 0.500. The average molecular weight is 336 g/mol. The highest BCUT2D eigenvalue weighted by Gasteiger charge is 2.31. The van der Waals surface area contributed by atoms with Crippen LogP contribution in [0.15, 0.2) is 24.3 Å². The van der Waals surface area contributed by atoms with Crippen LogP contribution in [0.5, 0.6) is 0 Å². The third-order valence-corrected chi connectivity index (χ3v) is 5.93. The van der Waals surface area contributed by atoms with Crippen LogP contribution in [-0.4, -0.2) is 37.5 Å². The van der Waals surface area contributed by atoms with E-state index >= 15 is 0 Å². The number of rotatable bonds is 5. The molecule has 0 saturated carbocycles. The van der Waals surface area contributed by atoms with Gasteiger partial charge in [0.25, 0.3) is 0 Å². The Balaban J connectivity index is 1.88. The quantitative estimate of drug-likeness (QED) is 0.763. The molecule has 124 valence electrons. The normalized spacial score (nSPS) is 16.7. The van der Waals surface area contributed by atoms with E-state index in [1.165, 1.54) is 4.31 Å². The Kier molecular flexibility index (Phi) is 5.74. The Labute approximate surface area is 136 Å². The summed E-state index contributed by atoms with van der Waals surface area (Å²) in [5.41, 5.74) is 1.17. The molecule has 0 bridgehead atoms. The van der Waals surface area contributed by atoms with E-state index in [2.05, 4.69) is 6.07 Å². The van der Waals surface area contributed by atoms with Gasteiger partial charge in [0.15, 0.2) is 0 Å². The molecule has 0 aromatic heterocycles. The van der Waals surface area contributed by atoms with Crippen molar-refractivity contribution in [2.75, 3.05) is 18.8 Å². The summed E-state index contributed by atoms with van der Waals surface area (Å²) in [5, 5.41) is 9.01. The first-order valence-corrected chi connectivity index (χ1v) is 9.21. The highest BCUT2D eigenvalue weighted by molar-refractivity contribution is 7.89. The summed E-state index contributed by atoms with van der Waals surface area (Å²) < 4.78 is 30.3. The predicted octanol–water partition coefficient (Wildman–Crippen LogP) is 1.66. The van der Waals surface area contributed by atoms with Gasteiger partial charge in [0.1, 0.15) is 6.61 Å². The van der Waals surface area contributed by atoms with Crippen molar-refractivity contribution in [1.82, 2.24) is 4.31 Å². The lowest BCUT2D eigenvalue weighted by molar-refractivity contribution is -0.151. The average Bonchev–Trinajstić information content (AvgIpc) is 2.60.